The van der Waals surface area contributed by atoms with Crippen molar-refractivity contribution in [1.82, 2.24) is 0 Å². The molecule has 0 N–H and O–H groups in total. The van der Waals surface area contributed by atoms with E-state index >= 15 is 0 Å². The molecular formula is C27H23NO. The quantitative estimate of drug-likeness (QED) is 0.486. The average molecular weight is 377 g/mol. The molecule has 0 spiro atoms. The number of rotatable bonds is 4. The Balaban J connectivity index is 1.72. The molecule has 0 atom stereocenters. The van der Waals surface area contributed by atoms with E-state index in [4.69, 9.17) is 9.73 Å². The van der Waals surface area contributed by atoms with Crippen molar-refractivity contribution < 1.29 is 4.74 Å². The van der Waals surface area contributed by atoms with Crippen molar-refractivity contribution in [3.63, 3.8) is 0 Å². The summed E-state index contributed by atoms with van der Waals surface area (Å²) in [4.78, 5) is 5.18. The summed E-state index contributed by atoms with van der Waals surface area (Å²) in [5.41, 5.74) is 10.1. The smallest absolute Gasteiger partial charge is 0.119 e. The first-order valence-electron chi connectivity index (χ1n) is 10.2. The predicted molar refractivity (Wildman–Crippen MR) is 121 cm³/mol. The predicted octanol–water partition coefficient (Wildman–Crippen LogP) is 6.87. The number of aliphatic imine (C=N–C) groups is 1. The van der Waals surface area contributed by atoms with E-state index in [0.29, 0.717) is 0 Å². The zero-order valence-corrected chi connectivity index (χ0v) is 16.6. The van der Waals surface area contributed by atoms with E-state index in [9.17, 15) is 0 Å². The van der Waals surface area contributed by atoms with E-state index < -0.39 is 0 Å². The second-order valence-corrected chi connectivity index (χ2v) is 7.45. The van der Waals surface area contributed by atoms with Crippen molar-refractivity contribution in [2.24, 2.45) is 4.99 Å². The molecule has 2 aliphatic carbocycles. The fourth-order valence-electron chi connectivity index (χ4n) is 4.44. The second kappa shape index (κ2) is 7.56. The summed E-state index contributed by atoms with van der Waals surface area (Å²) < 4.78 is 5.31. The number of fused-ring (bicyclic) bond motifs is 1. The second-order valence-electron chi connectivity index (χ2n) is 7.45. The summed E-state index contributed by atoms with van der Waals surface area (Å²) in [5, 5.41) is 0. The number of benzene rings is 3. The molecule has 29 heavy (non-hydrogen) atoms. The minimum Gasteiger partial charge on any atom is -0.497 e. The molecule has 0 bridgehead atoms. The lowest BCUT2D eigenvalue weighted by Crippen LogP contribution is -2.03. The number of hydrogen-bond donors (Lipinski definition) is 0. The van der Waals surface area contributed by atoms with Gasteiger partial charge in [-0.2, -0.15) is 0 Å². The first-order chi connectivity index (χ1) is 14.3. The van der Waals surface area contributed by atoms with Gasteiger partial charge in [-0.25, -0.2) is 4.99 Å². The van der Waals surface area contributed by atoms with Gasteiger partial charge in [0.2, 0.25) is 0 Å². The van der Waals surface area contributed by atoms with Gasteiger partial charge in [-0.3, -0.25) is 0 Å². The molecule has 5 rings (SSSR count). The Morgan fingerprint density at radius 3 is 1.66 bits per heavy atom. The van der Waals surface area contributed by atoms with Gasteiger partial charge in [0, 0.05) is 11.1 Å². The molecule has 1 saturated carbocycles. The summed E-state index contributed by atoms with van der Waals surface area (Å²) >= 11 is 0. The summed E-state index contributed by atoms with van der Waals surface area (Å²) in [6.45, 7) is 0. The van der Waals surface area contributed by atoms with Crippen molar-refractivity contribution in [3.8, 4) is 5.75 Å². The maximum atomic E-state index is 5.31. The number of hydrogen-bond acceptors (Lipinski definition) is 2. The van der Waals surface area contributed by atoms with Gasteiger partial charge < -0.3 is 4.74 Å². The lowest BCUT2D eigenvalue weighted by Gasteiger charge is -2.13. The minimum absolute atomic E-state index is 0.848. The molecule has 142 valence electrons. The lowest BCUT2D eigenvalue weighted by atomic mass is 9.94. The SMILES string of the molecule is COc1ccc(N=C2C(c3ccccc3)=C3CCCC3=C2c2ccccc2)cc1. The molecule has 0 unspecified atom stereocenters. The molecule has 3 aromatic rings. The molecule has 1 fully saturated rings. The highest BCUT2D eigenvalue weighted by atomic mass is 16.5. The number of nitrogens with zero attached hydrogens (tertiary/aromatic N) is 1. The number of allylic oxidation sites excluding steroid dienone is 4. The zero-order valence-electron chi connectivity index (χ0n) is 16.6. The largest absolute Gasteiger partial charge is 0.497 e. The molecule has 0 saturated heterocycles. The molecule has 2 heteroatoms. The average Bonchev–Trinajstić information content (AvgIpc) is 3.36. The highest BCUT2D eigenvalue weighted by Gasteiger charge is 2.34. The van der Waals surface area contributed by atoms with Gasteiger partial charge in [-0.15, -0.1) is 0 Å². The van der Waals surface area contributed by atoms with Crippen LogP contribution in [0.2, 0.25) is 0 Å². The van der Waals surface area contributed by atoms with Crippen LogP contribution >= 0.6 is 0 Å². The topological polar surface area (TPSA) is 21.6 Å². The van der Waals surface area contributed by atoms with Crippen molar-refractivity contribution in [2.45, 2.75) is 19.3 Å². The summed E-state index contributed by atoms with van der Waals surface area (Å²) in [5.74, 6) is 0.848. The van der Waals surface area contributed by atoms with E-state index in [1.165, 1.54) is 39.8 Å². The molecular weight excluding hydrogens is 354 g/mol. The Labute approximate surface area is 171 Å². The van der Waals surface area contributed by atoms with Crippen LogP contribution in [0.4, 0.5) is 5.69 Å². The summed E-state index contributed by atoms with van der Waals surface area (Å²) in [6.07, 6.45) is 3.46. The van der Waals surface area contributed by atoms with Crippen LogP contribution in [0.5, 0.6) is 5.75 Å². The molecule has 0 aliphatic heterocycles. The van der Waals surface area contributed by atoms with Crippen LogP contribution in [0, 0.1) is 0 Å². The highest BCUT2D eigenvalue weighted by Crippen LogP contribution is 2.49. The molecule has 0 heterocycles. The van der Waals surface area contributed by atoms with Crippen LogP contribution in [0.15, 0.2) is 101 Å². The highest BCUT2D eigenvalue weighted by molar-refractivity contribution is 6.49. The Morgan fingerprint density at radius 1 is 0.655 bits per heavy atom. The maximum absolute atomic E-state index is 5.31. The van der Waals surface area contributed by atoms with Crippen LogP contribution in [0.25, 0.3) is 11.1 Å². The molecule has 0 amide bonds. The standard InChI is InChI=1S/C27H23NO/c1-29-22-17-15-21(16-18-22)28-27-25(19-9-4-2-5-10-19)23-13-8-14-24(23)26(27)20-11-6-3-7-12-20/h2-7,9-12,15-18H,8,13-14H2,1H3. The molecule has 0 radical (unpaired) electrons. The van der Waals surface area contributed by atoms with Crippen molar-refractivity contribution in [2.75, 3.05) is 7.11 Å². The zero-order chi connectivity index (χ0) is 19.6. The molecule has 0 aromatic heterocycles. The monoisotopic (exact) mass is 377 g/mol. The van der Waals surface area contributed by atoms with Gasteiger partial charge in [-0.1, -0.05) is 60.7 Å². The van der Waals surface area contributed by atoms with Gasteiger partial charge >= 0.3 is 0 Å². The normalized spacial score (nSPS) is 15.7. The Morgan fingerprint density at radius 2 is 1.17 bits per heavy atom. The fraction of sp³-hybridized carbons (Fsp3) is 0.148. The van der Waals surface area contributed by atoms with E-state index in [1.54, 1.807) is 7.11 Å². The third-order valence-corrected chi connectivity index (χ3v) is 5.73. The molecule has 3 aromatic carbocycles. The lowest BCUT2D eigenvalue weighted by molar-refractivity contribution is 0.415. The fourth-order valence-corrected chi connectivity index (χ4v) is 4.44. The van der Waals surface area contributed by atoms with Gasteiger partial charge in [0.25, 0.3) is 0 Å². The van der Waals surface area contributed by atoms with Crippen molar-refractivity contribution in [1.29, 1.82) is 0 Å². The summed E-state index contributed by atoms with van der Waals surface area (Å²) in [6, 6.07) is 29.4. The van der Waals surface area contributed by atoms with Crippen molar-refractivity contribution >= 4 is 22.5 Å². The van der Waals surface area contributed by atoms with Crippen LogP contribution in [0.3, 0.4) is 0 Å². The molecule has 2 aliphatic rings. The van der Waals surface area contributed by atoms with Crippen molar-refractivity contribution in [3.05, 3.63) is 107 Å². The van der Waals surface area contributed by atoms with E-state index in [2.05, 4.69) is 60.7 Å². The number of ether oxygens (including phenoxy) is 1. The van der Waals surface area contributed by atoms with Gasteiger partial charge in [0.05, 0.1) is 18.5 Å². The van der Waals surface area contributed by atoms with Gasteiger partial charge in [-0.05, 0) is 65.8 Å². The maximum Gasteiger partial charge on any atom is 0.119 e. The third-order valence-electron chi connectivity index (χ3n) is 5.73. The first kappa shape index (κ1) is 17.7. The molecule has 2 nitrogen and oxygen atoms in total. The van der Waals surface area contributed by atoms with Crippen LogP contribution in [-0.2, 0) is 0 Å². The first-order valence-corrected chi connectivity index (χ1v) is 10.2. The Hall–Kier alpha value is -3.39. The Kier molecular flexibility index (Phi) is 4.61. The minimum atomic E-state index is 0.848. The summed E-state index contributed by atoms with van der Waals surface area (Å²) in [7, 11) is 1.69. The van der Waals surface area contributed by atoms with E-state index in [0.717, 1.165) is 30.0 Å². The van der Waals surface area contributed by atoms with Gasteiger partial charge in [0.1, 0.15) is 5.75 Å². The van der Waals surface area contributed by atoms with Crippen LogP contribution in [-0.4, -0.2) is 12.8 Å². The van der Waals surface area contributed by atoms with E-state index in [-0.39, 0.29) is 0 Å². The van der Waals surface area contributed by atoms with Gasteiger partial charge in [0.15, 0.2) is 0 Å². The number of methoxy groups -OCH3 is 1. The Bertz CT molecular complexity index is 1050. The van der Waals surface area contributed by atoms with E-state index in [1.807, 2.05) is 24.3 Å². The van der Waals surface area contributed by atoms with Crippen LogP contribution < -0.4 is 4.74 Å². The van der Waals surface area contributed by atoms with Crippen LogP contribution in [0.1, 0.15) is 30.4 Å². The third kappa shape index (κ3) is 3.21.